The number of nitrogens with zero attached hydrogens (tertiary/aromatic N) is 2. The summed E-state index contributed by atoms with van der Waals surface area (Å²) in [5.41, 5.74) is 4.14. The van der Waals surface area contributed by atoms with Gasteiger partial charge < -0.3 is 4.74 Å². The van der Waals surface area contributed by atoms with Gasteiger partial charge in [-0.3, -0.25) is 0 Å². The van der Waals surface area contributed by atoms with Crippen LogP contribution < -0.4 is 0 Å². The average Bonchev–Trinajstić information content (AvgIpc) is 3.09. The fraction of sp³-hybridized carbons (Fsp3) is 0.375. The highest BCUT2D eigenvalue weighted by molar-refractivity contribution is 7.13. The number of rotatable bonds is 1. The minimum Gasteiger partial charge on any atom is -0.479 e. The third kappa shape index (κ3) is 1.86. The van der Waals surface area contributed by atoms with Crippen LogP contribution in [0.15, 0.2) is 34.8 Å². The van der Waals surface area contributed by atoms with Crippen molar-refractivity contribution in [1.82, 2.24) is 4.98 Å². The molecule has 1 aromatic heterocycles. The predicted octanol–water partition coefficient (Wildman–Crippen LogP) is 3.49. The van der Waals surface area contributed by atoms with Gasteiger partial charge in [0, 0.05) is 30.5 Å². The van der Waals surface area contributed by atoms with Crippen LogP contribution in [0.1, 0.15) is 24.5 Å². The molecule has 1 spiro atoms. The van der Waals surface area contributed by atoms with Crippen LogP contribution in [0.4, 0.5) is 0 Å². The molecule has 2 heterocycles. The normalized spacial score (nSPS) is 24.4. The monoisotopic (exact) mass is 284 g/mol. The summed E-state index contributed by atoms with van der Waals surface area (Å²) in [7, 11) is 0. The van der Waals surface area contributed by atoms with Crippen LogP contribution in [-0.4, -0.2) is 23.0 Å². The van der Waals surface area contributed by atoms with E-state index in [1.54, 1.807) is 11.3 Å². The summed E-state index contributed by atoms with van der Waals surface area (Å²) in [6, 6.07) is 6.56. The third-order valence-electron chi connectivity index (χ3n) is 4.24. The molecule has 102 valence electrons. The Balaban J connectivity index is 1.76. The Hall–Kier alpha value is -1.68. The maximum absolute atomic E-state index is 5.60. The summed E-state index contributed by atoms with van der Waals surface area (Å²) in [6.07, 6.45) is 4.99. The number of ether oxygens (including phenoxy) is 1. The molecule has 1 aromatic carbocycles. The lowest BCUT2D eigenvalue weighted by molar-refractivity contribution is 0.236. The Kier molecular flexibility index (Phi) is 2.67. The van der Waals surface area contributed by atoms with Crippen molar-refractivity contribution in [3.63, 3.8) is 0 Å². The first-order chi connectivity index (χ1) is 9.76. The zero-order valence-electron chi connectivity index (χ0n) is 11.4. The summed E-state index contributed by atoms with van der Waals surface area (Å²) in [5.74, 6) is 0.838. The number of benzene rings is 1. The van der Waals surface area contributed by atoms with Crippen molar-refractivity contribution in [3.05, 3.63) is 40.9 Å². The zero-order chi connectivity index (χ0) is 13.6. The van der Waals surface area contributed by atoms with Crippen LogP contribution >= 0.6 is 11.3 Å². The van der Waals surface area contributed by atoms with Crippen molar-refractivity contribution in [3.8, 4) is 10.6 Å². The lowest BCUT2D eigenvalue weighted by Crippen LogP contribution is -2.35. The van der Waals surface area contributed by atoms with Crippen LogP contribution in [0.2, 0.25) is 0 Å². The quantitative estimate of drug-likeness (QED) is 0.803. The van der Waals surface area contributed by atoms with Crippen molar-refractivity contribution in [2.24, 2.45) is 4.99 Å². The summed E-state index contributed by atoms with van der Waals surface area (Å²) >= 11 is 1.71. The van der Waals surface area contributed by atoms with E-state index in [0.29, 0.717) is 0 Å². The molecule has 1 aliphatic carbocycles. The molecular formula is C16H16N2OS. The number of thiazole rings is 1. The van der Waals surface area contributed by atoms with E-state index in [1.807, 2.05) is 18.5 Å². The summed E-state index contributed by atoms with van der Waals surface area (Å²) in [6.45, 7) is 2.69. The molecule has 0 saturated heterocycles. The molecule has 0 fully saturated rings. The van der Waals surface area contributed by atoms with E-state index >= 15 is 0 Å². The van der Waals surface area contributed by atoms with Crippen molar-refractivity contribution in [2.45, 2.75) is 31.7 Å². The molecule has 3 nitrogen and oxygen atoms in total. The highest BCUT2D eigenvalue weighted by Crippen LogP contribution is 2.39. The second kappa shape index (κ2) is 4.42. The first kappa shape index (κ1) is 12.1. The largest absolute Gasteiger partial charge is 0.479 e. The van der Waals surface area contributed by atoms with Gasteiger partial charge in [-0.2, -0.15) is 0 Å². The van der Waals surface area contributed by atoms with E-state index in [1.165, 1.54) is 16.7 Å². The first-order valence-corrected chi connectivity index (χ1v) is 7.84. The second-order valence-electron chi connectivity index (χ2n) is 5.60. The Morgan fingerprint density at radius 3 is 3.05 bits per heavy atom. The standard InChI is InChI=1S/C16H16N2OS/c1-11-18-16(10-19-11)6-5-13-12(9-16)3-2-4-14(13)15-17-7-8-20-15/h2-4,7-8H,5-6,9-10H2,1H3/t16-/m0/s1. The van der Waals surface area contributed by atoms with Crippen molar-refractivity contribution >= 4 is 17.2 Å². The maximum Gasteiger partial charge on any atom is 0.180 e. The molecule has 2 aliphatic rings. The molecule has 4 rings (SSSR count). The van der Waals surface area contributed by atoms with E-state index in [9.17, 15) is 0 Å². The molecule has 0 bridgehead atoms. The lowest BCUT2D eigenvalue weighted by atomic mass is 9.77. The molecule has 4 heteroatoms. The Morgan fingerprint density at radius 1 is 1.35 bits per heavy atom. The van der Waals surface area contributed by atoms with E-state index in [0.717, 1.165) is 36.8 Å². The number of fused-ring (bicyclic) bond motifs is 1. The highest BCUT2D eigenvalue weighted by Gasteiger charge is 2.39. The van der Waals surface area contributed by atoms with Gasteiger partial charge in [-0.15, -0.1) is 11.3 Å². The van der Waals surface area contributed by atoms with Crippen molar-refractivity contribution in [1.29, 1.82) is 0 Å². The van der Waals surface area contributed by atoms with Gasteiger partial charge in [-0.25, -0.2) is 9.98 Å². The van der Waals surface area contributed by atoms with Gasteiger partial charge in [0.1, 0.15) is 17.2 Å². The molecule has 20 heavy (non-hydrogen) atoms. The maximum atomic E-state index is 5.60. The van der Waals surface area contributed by atoms with Crippen molar-refractivity contribution in [2.75, 3.05) is 6.61 Å². The molecule has 2 aromatic rings. The van der Waals surface area contributed by atoms with Gasteiger partial charge in [0.15, 0.2) is 5.90 Å². The second-order valence-corrected chi connectivity index (χ2v) is 6.50. The van der Waals surface area contributed by atoms with Gasteiger partial charge in [0.25, 0.3) is 0 Å². The number of aromatic nitrogens is 1. The fourth-order valence-corrected chi connectivity index (χ4v) is 4.00. The van der Waals surface area contributed by atoms with Crippen LogP contribution in [0, 0.1) is 0 Å². The van der Waals surface area contributed by atoms with E-state index in [4.69, 9.17) is 9.73 Å². The topological polar surface area (TPSA) is 34.5 Å². The SMILES string of the molecule is CC1=N[C@]2(CCc3c(cccc3-c3nccs3)C2)CO1. The van der Waals surface area contributed by atoms with Gasteiger partial charge in [-0.1, -0.05) is 18.2 Å². The number of hydrogen-bond donors (Lipinski definition) is 0. The smallest absolute Gasteiger partial charge is 0.180 e. The van der Waals surface area contributed by atoms with E-state index in [2.05, 4.69) is 23.2 Å². The van der Waals surface area contributed by atoms with Gasteiger partial charge in [-0.05, 0) is 24.0 Å². The van der Waals surface area contributed by atoms with Gasteiger partial charge in [0.2, 0.25) is 0 Å². The molecule has 0 N–H and O–H groups in total. The third-order valence-corrected chi connectivity index (χ3v) is 5.05. The van der Waals surface area contributed by atoms with E-state index < -0.39 is 0 Å². The Morgan fingerprint density at radius 2 is 2.30 bits per heavy atom. The zero-order valence-corrected chi connectivity index (χ0v) is 12.2. The van der Waals surface area contributed by atoms with E-state index in [-0.39, 0.29) is 5.54 Å². The van der Waals surface area contributed by atoms with Gasteiger partial charge >= 0.3 is 0 Å². The summed E-state index contributed by atoms with van der Waals surface area (Å²) < 4.78 is 5.60. The first-order valence-electron chi connectivity index (χ1n) is 6.96. The average molecular weight is 284 g/mol. The molecular weight excluding hydrogens is 268 g/mol. The minimum atomic E-state index is -0.0153. The van der Waals surface area contributed by atoms with Crippen molar-refractivity contribution < 1.29 is 4.74 Å². The fourth-order valence-electron chi connectivity index (χ4n) is 3.31. The van der Waals surface area contributed by atoms with Gasteiger partial charge in [0.05, 0.1) is 0 Å². The number of hydrogen-bond acceptors (Lipinski definition) is 4. The molecule has 0 radical (unpaired) electrons. The summed E-state index contributed by atoms with van der Waals surface area (Å²) in [5, 5.41) is 3.16. The highest BCUT2D eigenvalue weighted by atomic mass is 32.1. The Labute approximate surface area is 122 Å². The predicted molar refractivity (Wildman–Crippen MR) is 81.4 cm³/mol. The minimum absolute atomic E-state index is 0.0153. The van der Waals surface area contributed by atoms with Crippen LogP contribution in [0.3, 0.4) is 0 Å². The molecule has 0 amide bonds. The lowest BCUT2D eigenvalue weighted by Gasteiger charge is -2.31. The van der Waals surface area contributed by atoms with Crippen LogP contribution in [-0.2, 0) is 17.6 Å². The summed E-state index contributed by atoms with van der Waals surface area (Å²) in [4.78, 5) is 9.21. The number of aliphatic imine (C=N–C) groups is 1. The molecule has 1 aliphatic heterocycles. The van der Waals surface area contributed by atoms with Crippen LogP contribution in [0.25, 0.3) is 10.6 Å². The van der Waals surface area contributed by atoms with Crippen LogP contribution in [0.5, 0.6) is 0 Å². The molecule has 0 unspecified atom stereocenters. The molecule has 1 atom stereocenters. The molecule has 0 saturated carbocycles. The Bertz CT molecular complexity index is 678.